The number of carbonyl (C=O) groups excluding carboxylic acids is 1. The number of carbonyl (C=O) groups is 1. The molecular formula is C19H23N3O3S. The van der Waals surface area contributed by atoms with Crippen molar-refractivity contribution in [3.63, 3.8) is 0 Å². The maximum Gasteiger partial charge on any atom is 0.274 e. The summed E-state index contributed by atoms with van der Waals surface area (Å²) in [5, 5.41) is 7.58. The predicted octanol–water partition coefficient (Wildman–Crippen LogP) is 2.55. The van der Waals surface area contributed by atoms with E-state index in [9.17, 15) is 13.2 Å². The summed E-state index contributed by atoms with van der Waals surface area (Å²) in [6, 6.07) is 7.56. The van der Waals surface area contributed by atoms with Gasteiger partial charge in [-0.15, -0.1) is 0 Å². The molecule has 0 spiro atoms. The first-order valence-electron chi connectivity index (χ1n) is 9.18. The van der Waals surface area contributed by atoms with Crippen molar-refractivity contribution in [3.8, 4) is 0 Å². The predicted molar refractivity (Wildman–Crippen MR) is 100 cm³/mol. The van der Waals surface area contributed by atoms with Crippen LogP contribution in [-0.2, 0) is 29.1 Å². The maximum absolute atomic E-state index is 13.0. The number of amides is 1. The molecule has 1 N–H and O–H groups in total. The van der Waals surface area contributed by atoms with Gasteiger partial charge in [0.1, 0.15) is 5.69 Å². The van der Waals surface area contributed by atoms with Crippen molar-refractivity contribution >= 4 is 21.4 Å². The number of rotatable bonds is 4. The van der Waals surface area contributed by atoms with Crippen molar-refractivity contribution in [2.24, 2.45) is 0 Å². The van der Waals surface area contributed by atoms with E-state index in [0.29, 0.717) is 12.1 Å². The zero-order valence-corrected chi connectivity index (χ0v) is 15.7. The first-order valence-corrected chi connectivity index (χ1v) is 11.0. The molecule has 1 aliphatic carbocycles. The summed E-state index contributed by atoms with van der Waals surface area (Å²) >= 11 is 0. The standard InChI is InChI=1S/C19H23N3O3S/c1-2-13-6-8-14(9-7-13)20-19(23)18-16-4-3-5-17(16)21-22(18)15-10-11-26(24,25)12-15/h6-9,15H,2-5,10-12H2,1H3,(H,20,23). The second kappa shape index (κ2) is 6.54. The molecule has 1 aromatic heterocycles. The van der Waals surface area contributed by atoms with Gasteiger partial charge in [-0.2, -0.15) is 5.10 Å². The average molecular weight is 373 g/mol. The minimum absolute atomic E-state index is 0.0685. The van der Waals surface area contributed by atoms with Gasteiger partial charge >= 0.3 is 0 Å². The number of aromatic nitrogens is 2. The second-order valence-electron chi connectivity index (χ2n) is 7.13. The molecule has 6 nitrogen and oxygen atoms in total. The molecule has 2 aliphatic rings. The SMILES string of the molecule is CCc1ccc(NC(=O)c2c3c(nn2C2CCS(=O)(=O)C2)CCC3)cc1. The van der Waals surface area contributed by atoms with Crippen molar-refractivity contribution < 1.29 is 13.2 Å². The zero-order chi connectivity index (χ0) is 18.3. The summed E-state index contributed by atoms with van der Waals surface area (Å²) in [5.74, 6) is 0.0371. The van der Waals surface area contributed by atoms with Gasteiger partial charge in [-0.25, -0.2) is 8.42 Å². The molecule has 0 bridgehead atoms. The van der Waals surface area contributed by atoms with Crippen LogP contribution in [0.15, 0.2) is 24.3 Å². The lowest BCUT2D eigenvalue weighted by atomic mass is 10.1. The second-order valence-corrected chi connectivity index (χ2v) is 9.36. The highest BCUT2D eigenvalue weighted by Gasteiger charge is 2.35. The first kappa shape index (κ1) is 17.3. The summed E-state index contributed by atoms with van der Waals surface area (Å²) in [6.07, 6.45) is 4.14. The lowest BCUT2D eigenvalue weighted by molar-refractivity contribution is 0.101. The minimum atomic E-state index is -3.04. The molecule has 2 aromatic rings. The first-order chi connectivity index (χ1) is 12.5. The van der Waals surface area contributed by atoms with Crippen LogP contribution in [0.1, 0.15) is 53.1 Å². The molecule has 1 fully saturated rings. The largest absolute Gasteiger partial charge is 0.321 e. The third-order valence-corrected chi connectivity index (χ3v) is 7.07. The highest BCUT2D eigenvalue weighted by Crippen LogP contribution is 2.31. The van der Waals surface area contributed by atoms with E-state index in [-0.39, 0.29) is 23.5 Å². The van der Waals surface area contributed by atoms with Gasteiger partial charge in [-0.3, -0.25) is 9.48 Å². The highest BCUT2D eigenvalue weighted by atomic mass is 32.2. The number of nitrogens with one attached hydrogen (secondary N) is 1. The monoisotopic (exact) mass is 373 g/mol. The van der Waals surface area contributed by atoms with Crippen molar-refractivity contribution in [3.05, 3.63) is 46.8 Å². The third kappa shape index (κ3) is 3.16. The molecule has 1 amide bonds. The van der Waals surface area contributed by atoms with E-state index >= 15 is 0 Å². The number of anilines is 1. The summed E-state index contributed by atoms with van der Waals surface area (Å²) in [4.78, 5) is 13.0. The molecule has 26 heavy (non-hydrogen) atoms. The number of nitrogens with zero attached hydrogens (tertiary/aromatic N) is 2. The summed E-state index contributed by atoms with van der Waals surface area (Å²) < 4.78 is 25.4. The van der Waals surface area contributed by atoms with Crippen LogP contribution in [0.25, 0.3) is 0 Å². The molecule has 0 saturated carbocycles. The fourth-order valence-corrected chi connectivity index (χ4v) is 5.59. The van der Waals surface area contributed by atoms with Crippen LogP contribution in [0, 0.1) is 0 Å². The van der Waals surface area contributed by atoms with Crippen LogP contribution in [0.4, 0.5) is 5.69 Å². The van der Waals surface area contributed by atoms with Crippen LogP contribution >= 0.6 is 0 Å². The van der Waals surface area contributed by atoms with Gasteiger partial charge in [0.2, 0.25) is 0 Å². The number of hydrogen-bond acceptors (Lipinski definition) is 4. The van der Waals surface area contributed by atoms with E-state index in [1.807, 2.05) is 24.3 Å². The van der Waals surface area contributed by atoms with Crippen LogP contribution in [0.2, 0.25) is 0 Å². The lowest BCUT2D eigenvalue weighted by Crippen LogP contribution is -2.23. The normalized spacial score (nSPS) is 20.9. The Bertz CT molecular complexity index is 945. The van der Waals surface area contributed by atoms with Gasteiger partial charge in [-0.05, 0) is 49.8 Å². The molecule has 1 atom stereocenters. The topological polar surface area (TPSA) is 81.1 Å². The van der Waals surface area contributed by atoms with Crippen molar-refractivity contribution in [2.45, 2.75) is 45.1 Å². The summed E-state index contributed by atoms with van der Waals surface area (Å²) in [7, 11) is -3.04. The highest BCUT2D eigenvalue weighted by molar-refractivity contribution is 7.91. The van der Waals surface area contributed by atoms with E-state index in [1.165, 1.54) is 5.56 Å². The van der Waals surface area contributed by atoms with E-state index in [0.717, 1.165) is 42.6 Å². The lowest BCUT2D eigenvalue weighted by Gasteiger charge is -2.15. The molecule has 7 heteroatoms. The molecular weight excluding hydrogens is 350 g/mol. The van der Waals surface area contributed by atoms with E-state index in [2.05, 4.69) is 17.3 Å². The molecule has 0 radical (unpaired) electrons. The van der Waals surface area contributed by atoms with Crippen molar-refractivity contribution in [2.75, 3.05) is 16.8 Å². The molecule has 1 unspecified atom stereocenters. The summed E-state index contributed by atoms with van der Waals surface area (Å²) in [6.45, 7) is 2.09. The number of hydrogen-bond donors (Lipinski definition) is 1. The minimum Gasteiger partial charge on any atom is -0.321 e. The van der Waals surface area contributed by atoms with Gasteiger partial charge in [0.15, 0.2) is 9.84 Å². The Hall–Kier alpha value is -2.15. The van der Waals surface area contributed by atoms with Gasteiger partial charge in [0, 0.05) is 11.3 Å². The molecule has 4 rings (SSSR count). The Kier molecular flexibility index (Phi) is 4.34. The number of benzene rings is 1. The fourth-order valence-electron chi connectivity index (χ4n) is 3.90. The Morgan fingerprint density at radius 2 is 2.04 bits per heavy atom. The zero-order valence-electron chi connectivity index (χ0n) is 14.9. The van der Waals surface area contributed by atoms with Crippen molar-refractivity contribution in [1.82, 2.24) is 9.78 Å². The Balaban J connectivity index is 1.65. The quantitative estimate of drug-likeness (QED) is 0.893. The number of fused-ring (bicyclic) bond motifs is 1. The van der Waals surface area contributed by atoms with Crippen LogP contribution < -0.4 is 5.32 Å². The fraction of sp³-hybridized carbons (Fsp3) is 0.474. The van der Waals surface area contributed by atoms with Gasteiger partial charge in [-0.1, -0.05) is 19.1 Å². The Labute approximate surface area is 153 Å². The van der Waals surface area contributed by atoms with Gasteiger partial charge < -0.3 is 5.32 Å². The van der Waals surface area contributed by atoms with E-state index < -0.39 is 9.84 Å². The van der Waals surface area contributed by atoms with Crippen LogP contribution in [-0.4, -0.2) is 35.6 Å². The molecule has 2 heterocycles. The van der Waals surface area contributed by atoms with E-state index in [4.69, 9.17) is 0 Å². The molecule has 138 valence electrons. The molecule has 1 aromatic carbocycles. The Morgan fingerprint density at radius 1 is 1.27 bits per heavy atom. The van der Waals surface area contributed by atoms with Crippen molar-refractivity contribution in [1.29, 1.82) is 0 Å². The number of aryl methyl sites for hydroxylation is 2. The molecule has 1 saturated heterocycles. The van der Waals surface area contributed by atoms with Crippen LogP contribution in [0.3, 0.4) is 0 Å². The summed E-state index contributed by atoms with van der Waals surface area (Å²) in [5.41, 5.74) is 4.42. The van der Waals surface area contributed by atoms with Crippen LogP contribution in [0.5, 0.6) is 0 Å². The Morgan fingerprint density at radius 3 is 2.69 bits per heavy atom. The van der Waals surface area contributed by atoms with Gasteiger partial charge in [0.05, 0.1) is 23.2 Å². The van der Waals surface area contributed by atoms with E-state index in [1.54, 1.807) is 4.68 Å². The van der Waals surface area contributed by atoms with Gasteiger partial charge in [0.25, 0.3) is 5.91 Å². The number of sulfone groups is 1. The molecule has 1 aliphatic heterocycles. The smallest absolute Gasteiger partial charge is 0.274 e. The third-order valence-electron chi connectivity index (χ3n) is 5.32. The maximum atomic E-state index is 13.0. The average Bonchev–Trinajstić information content (AvgIpc) is 3.28.